The summed E-state index contributed by atoms with van der Waals surface area (Å²) in [4.78, 5) is 0. The average Bonchev–Trinajstić information content (AvgIpc) is 2.40. The topological polar surface area (TPSA) is 75.1 Å². The number of hydrogen-bond donors (Lipinski definition) is 3. The fourth-order valence-electron chi connectivity index (χ4n) is 1.49. The van der Waals surface area contributed by atoms with E-state index in [1.54, 1.807) is 25.5 Å². The smallest absolute Gasteiger partial charge is 0.187 e. The molecular formula is C13H19N3O3S. The minimum Gasteiger partial charge on any atom is -0.504 e. The summed E-state index contributed by atoms with van der Waals surface area (Å²) in [6.07, 6.45) is 1.58. The van der Waals surface area contributed by atoms with Crippen LogP contribution in [0.1, 0.15) is 12.5 Å². The molecule has 0 amide bonds. The van der Waals surface area contributed by atoms with Gasteiger partial charge >= 0.3 is 0 Å². The Balaban J connectivity index is 2.50. The summed E-state index contributed by atoms with van der Waals surface area (Å²) < 4.78 is 10.00. The molecule has 0 aliphatic carbocycles. The first-order valence-corrected chi connectivity index (χ1v) is 6.43. The maximum Gasteiger partial charge on any atom is 0.187 e. The number of benzene rings is 1. The molecule has 1 rings (SSSR count). The van der Waals surface area contributed by atoms with Crippen molar-refractivity contribution in [3.05, 3.63) is 23.8 Å². The third kappa shape index (κ3) is 5.41. The Bertz CT molecular complexity index is 480. The van der Waals surface area contributed by atoms with Gasteiger partial charge in [-0.15, -0.1) is 0 Å². The van der Waals surface area contributed by atoms with Crippen LogP contribution >= 0.6 is 12.2 Å². The van der Waals surface area contributed by atoms with Crippen LogP contribution in [-0.4, -0.2) is 43.3 Å². The first kappa shape index (κ1) is 16.2. The van der Waals surface area contributed by atoms with Crippen LogP contribution in [0.5, 0.6) is 11.5 Å². The molecule has 0 bridgehead atoms. The Morgan fingerprint density at radius 3 is 2.90 bits per heavy atom. The van der Waals surface area contributed by atoms with E-state index in [1.807, 2.05) is 6.92 Å². The van der Waals surface area contributed by atoms with Crippen molar-refractivity contribution in [2.75, 3.05) is 20.8 Å². The molecule has 110 valence electrons. The lowest BCUT2D eigenvalue weighted by Gasteiger charge is -2.13. The van der Waals surface area contributed by atoms with Gasteiger partial charge in [0.05, 0.1) is 19.9 Å². The van der Waals surface area contributed by atoms with Gasteiger partial charge in [0.1, 0.15) is 0 Å². The molecule has 0 unspecified atom stereocenters. The zero-order chi connectivity index (χ0) is 15.0. The highest BCUT2D eigenvalue weighted by Crippen LogP contribution is 2.25. The van der Waals surface area contributed by atoms with Crippen molar-refractivity contribution in [2.45, 2.75) is 13.0 Å². The number of hydrogen-bond acceptors (Lipinski definition) is 5. The summed E-state index contributed by atoms with van der Waals surface area (Å²) in [5.41, 5.74) is 3.48. The second kappa shape index (κ2) is 8.34. The van der Waals surface area contributed by atoms with Gasteiger partial charge in [-0.2, -0.15) is 5.10 Å². The van der Waals surface area contributed by atoms with E-state index in [2.05, 4.69) is 15.8 Å². The molecule has 0 aromatic heterocycles. The largest absolute Gasteiger partial charge is 0.504 e. The van der Waals surface area contributed by atoms with E-state index in [0.717, 1.165) is 5.56 Å². The first-order chi connectivity index (χ1) is 9.56. The minimum absolute atomic E-state index is 0.0863. The van der Waals surface area contributed by atoms with Crippen LogP contribution in [0.3, 0.4) is 0 Å². The molecule has 1 aromatic rings. The zero-order valence-corrected chi connectivity index (χ0v) is 12.5. The van der Waals surface area contributed by atoms with Crippen molar-refractivity contribution < 1.29 is 14.6 Å². The Kier molecular flexibility index (Phi) is 6.75. The van der Waals surface area contributed by atoms with Crippen LogP contribution in [0, 0.1) is 0 Å². The lowest BCUT2D eigenvalue weighted by atomic mass is 10.2. The van der Waals surface area contributed by atoms with Gasteiger partial charge in [-0.1, -0.05) is 0 Å². The number of ether oxygens (including phenoxy) is 2. The third-order valence-corrected chi connectivity index (χ3v) is 2.59. The van der Waals surface area contributed by atoms with Crippen molar-refractivity contribution in [3.63, 3.8) is 0 Å². The van der Waals surface area contributed by atoms with Crippen LogP contribution in [0.2, 0.25) is 0 Å². The van der Waals surface area contributed by atoms with E-state index in [0.29, 0.717) is 17.5 Å². The number of phenolic OH excluding ortho intramolecular Hbond substituents is 1. The predicted octanol–water partition coefficient (Wildman–Crippen LogP) is 1.23. The molecule has 0 aliphatic heterocycles. The first-order valence-electron chi connectivity index (χ1n) is 6.02. The number of hydrazone groups is 1. The van der Waals surface area contributed by atoms with Gasteiger partial charge in [-0.25, -0.2) is 0 Å². The van der Waals surface area contributed by atoms with Gasteiger partial charge in [0, 0.05) is 13.2 Å². The predicted molar refractivity (Wildman–Crippen MR) is 82.5 cm³/mol. The van der Waals surface area contributed by atoms with Crippen LogP contribution < -0.4 is 15.5 Å². The van der Waals surface area contributed by atoms with Crippen molar-refractivity contribution in [1.29, 1.82) is 0 Å². The summed E-state index contributed by atoms with van der Waals surface area (Å²) in [7, 11) is 3.12. The Labute approximate surface area is 123 Å². The second-order valence-electron chi connectivity index (χ2n) is 4.13. The standard InChI is InChI=1S/C13H19N3O3S/c1-9(8-18-2)15-13(20)16-14-7-10-4-5-11(17)12(6-10)19-3/h4-7,9,17H,8H2,1-3H3,(H2,15,16,20)/b14-7+/t9-/m1/s1. The summed E-state index contributed by atoms with van der Waals surface area (Å²) in [5.74, 6) is 0.478. The summed E-state index contributed by atoms with van der Waals surface area (Å²) in [6.45, 7) is 2.51. The lowest BCUT2D eigenvalue weighted by Crippen LogP contribution is -2.40. The molecule has 20 heavy (non-hydrogen) atoms. The molecule has 1 aromatic carbocycles. The molecule has 0 saturated carbocycles. The van der Waals surface area contributed by atoms with E-state index in [1.165, 1.54) is 13.2 Å². The van der Waals surface area contributed by atoms with Gasteiger partial charge in [0.2, 0.25) is 0 Å². The lowest BCUT2D eigenvalue weighted by molar-refractivity contribution is 0.179. The zero-order valence-electron chi connectivity index (χ0n) is 11.7. The monoisotopic (exact) mass is 297 g/mol. The Morgan fingerprint density at radius 1 is 1.50 bits per heavy atom. The fraction of sp³-hybridized carbons (Fsp3) is 0.385. The maximum absolute atomic E-state index is 9.47. The van der Waals surface area contributed by atoms with E-state index >= 15 is 0 Å². The Morgan fingerprint density at radius 2 is 2.25 bits per heavy atom. The molecule has 6 nitrogen and oxygen atoms in total. The molecular weight excluding hydrogens is 278 g/mol. The van der Waals surface area contributed by atoms with Gasteiger partial charge in [0.25, 0.3) is 0 Å². The minimum atomic E-state index is 0.0863. The van der Waals surface area contributed by atoms with E-state index in [-0.39, 0.29) is 11.8 Å². The number of methoxy groups -OCH3 is 2. The highest BCUT2D eigenvalue weighted by Gasteiger charge is 2.02. The highest BCUT2D eigenvalue weighted by molar-refractivity contribution is 7.80. The van der Waals surface area contributed by atoms with Crippen LogP contribution in [0.4, 0.5) is 0 Å². The van der Waals surface area contributed by atoms with Gasteiger partial charge < -0.3 is 19.9 Å². The molecule has 7 heteroatoms. The molecule has 0 aliphatic rings. The molecule has 0 spiro atoms. The molecule has 0 heterocycles. The van der Waals surface area contributed by atoms with Gasteiger partial charge in [-0.3, -0.25) is 5.43 Å². The molecule has 1 atom stereocenters. The number of phenols is 1. The van der Waals surface area contributed by atoms with E-state index < -0.39 is 0 Å². The van der Waals surface area contributed by atoms with Crippen molar-refractivity contribution >= 4 is 23.5 Å². The van der Waals surface area contributed by atoms with Crippen molar-refractivity contribution in [3.8, 4) is 11.5 Å². The second-order valence-corrected chi connectivity index (χ2v) is 4.54. The van der Waals surface area contributed by atoms with Crippen LogP contribution in [-0.2, 0) is 4.74 Å². The quantitative estimate of drug-likeness (QED) is 0.417. The highest BCUT2D eigenvalue weighted by atomic mass is 32.1. The van der Waals surface area contributed by atoms with Crippen LogP contribution in [0.25, 0.3) is 0 Å². The number of nitrogens with zero attached hydrogens (tertiary/aromatic N) is 1. The SMILES string of the molecule is COC[C@@H](C)NC(=S)N/N=C/c1ccc(O)c(OC)c1. The summed E-state index contributed by atoms with van der Waals surface area (Å²) in [6, 6.07) is 5.03. The van der Waals surface area contributed by atoms with Gasteiger partial charge in [-0.05, 0) is 42.9 Å². The average molecular weight is 297 g/mol. The number of nitrogens with one attached hydrogen (secondary N) is 2. The molecule has 0 radical (unpaired) electrons. The van der Waals surface area contributed by atoms with Crippen molar-refractivity contribution in [2.24, 2.45) is 5.10 Å². The van der Waals surface area contributed by atoms with E-state index in [9.17, 15) is 5.11 Å². The molecule has 0 saturated heterocycles. The number of aromatic hydroxyl groups is 1. The Hall–Kier alpha value is -1.86. The molecule has 0 fully saturated rings. The fourth-order valence-corrected chi connectivity index (χ4v) is 1.74. The third-order valence-electron chi connectivity index (χ3n) is 2.38. The van der Waals surface area contributed by atoms with Gasteiger partial charge in [0.15, 0.2) is 16.6 Å². The maximum atomic E-state index is 9.47. The van der Waals surface area contributed by atoms with Crippen molar-refractivity contribution in [1.82, 2.24) is 10.7 Å². The number of thiocarbonyl (C=S) groups is 1. The van der Waals surface area contributed by atoms with E-state index in [4.69, 9.17) is 21.7 Å². The number of rotatable bonds is 6. The van der Waals surface area contributed by atoms with Crippen LogP contribution in [0.15, 0.2) is 23.3 Å². The summed E-state index contributed by atoms with van der Waals surface area (Å²) >= 11 is 5.07. The normalized spacial score (nSPS) is 12.2. The molecule has 3 N–H and O–H groups in total. The summed E-state index contributed by atoms with van der Waals surface area (Å²) in [5, 5.41) is 16.9.